The molecular weight excluding hydrogens is 294 g/mol. The van der Waals surface area contributed by atoms with Gasteiger partial charge in [0.1, 0.15) is 11.3 Å². The van der Waals surface area contributed by atoms with Gasteiger partial charge in [-0.05, 0) is 31.0 Å². The van der Waals surface area contributed by atoms with Gasteiger partial charge in [-0.3, -0.25) is 4.79 Å². The largest absolute Gasteiger partial charge is 0.484 e. The maximum Gasteiger partial charge on any atom is 0.336 e. The number of carbonyl (C=O) groups is 1. The Labute approximate surface area is 134 Å². The third-order valence-electron chi connectivity index (χ3n) is 4.18. The van der Waals surface area contributed by atoms with E-state index in [0.29, 0.717) is 11.3 Å². The minimum absolute atomic E-state index is 0.0287. The summed E-state index contributed by atoms with van der Waals surface area (Å²) in [5, 5.41) is 3.86. The number of benzene rings is 1. The Hall–Kier alpha value is -2.30. The van der Waals surface area contributed by atoms with Gasteiger partial charge in [-0.2, -0.15) is 0 Å². The molecule has 1 aliphatic carbocycles. The Morgan fingerprint density at radius 3 is 2.65 bits per heavy atom. The molecule has 2 aromatic rings. The first kappa shape index (κ1) is 15.6. The summed E-state index contributed by atoms with van der Waals surface area (Å²) in [7, 11) is 0. The molecule has 1 aromatic heterocycles. The van der Waals surface area contributed by atoms with Gasteiger partial charge in [0.15, 0.2) is 6.61 Å². The van der Waals surface area contributed by atoms with Crippen molar-refractivity contribution >= 4 is 16.9 Å². The highest BCUT2D eigenvalue weighted by atomic mass is 16.5. The van der Waals surface area contributed by atoms with E-state index >= 15 is 0 Å². The SMILES string of the molecule is O=C(COc1ccc2ccc(=O)oc2c1)NC1CCCCCC1. The van der Waals surface area contributed by atoms with Crippen LogP contribution in [0.3, 0.4) is 0 Å². The zero-order valence-electron chi connectivity index (χ0n) is 13.0. The highest BCUT2D eigenvalue weighted by Crippen LogP contribution is 2.20. The smallest absolute Gasteiger partial charge is 0.336 e. The van der Waals surface area contributed by atoms with Gasteiger partial charge in [0.25, 0.3) is 5.91 Å². The second kappa shape index (κ2) is 7.31. The average Bonchev–Trinajstić information content (AvgIpc) is 2.81. The highest BCUT2D eigenvalue weighted by Gasteiger charge is 2.15. The second-order valence-corrected chi connectivity index (χ2v) is 6.00. The van der Waals surface area contributed by atoms with E-state index in [-0.39, 0.29) is 18.6 Å². The van der Waals surface area contributed by atoms with Gasteiger partial charge in [-0.1, -0.05) is 25.7 Å². The minimum atomic E-state index is -0.402. The van der Waals surface area contributed by atoms with Crippen molar-refractivity contribution in [2.24, 2.45) is 0 Å². The molecule has 3 rings (SSSR count). The zero-order valence-corrected chi connectivity index (χ0v) is 13.0. The molecule has 122 valence electrons. The molecule has 1 aliphatic rings. The number of nitrogens with one attached hydrogen (secondary N) is 1. The summed E-state index contributed by atoms with van der Waals surface area (Å²) < 4.78 is 10.6. The van der Waals surface area contributed by atoms with Gasteiger partial charge < -0.3 is 14.5 Å². The zero-order chi connectivity index (χ0) is 16.1. The van der Waals surface area contributed by atoms with Crippen LogP contribution in [0.15, 0.2) is 39.5 Å². The average molecular weight is 315 g/mol. The summed E-state index contributed by atoms with van der Waals surface area (Å²) >= 11 is 0. The van der Waals surface area contributed by atoms with Crippen molar-refractivity contribution in [1.29, 1.82) is 0 Å². The van der Waals surface area contributed by atoms with E-state index in [2.05, 4.69) is 5.32 Å². The summed E-state index contributed by atoms with van der Waals surface area (Å²) in [6, 6.07) is 8.55. The predicted octanol–water partition coefficient (Wildman–Crippen LogP) is 3.01. The van der Waals surface area contributed by atoms with Crippen LogP contribution in [0.1, 0.15) is 38.5 Å². The van der Waals surface area contributed by atoms with Crippen LogP contribution in [0.2, 0.25) is 0 Å². The molecule has 0 radical (unpaired) electrons. The summed E-state index contributed by atoms with van der Waals surface area (Å²) in [5.41, 5.74) is 0.0555. The van der Waals surface area contributed by atoms with Crippen LogP contribution in [-0.4, -0.2) is 18.6 Å². The molecule has 1 heterocycles. The van der Waals surface area contributed by atoms with Crippen LogP contribution in [0.4, 0.5) is 0 Å². The maximum absolute atomic E-state index is 12.0. The molecule has 5 nitrogen and oxygen atoms in total. The third-order valence-corrected chi connectivity index (χ3v) is 4.18. The maximum atomic E-state index is 12.0. The monoisotopic (exact) mass is 315 g/mol. The Morgan fingerprint density at radius 1 is 1.13 bits per heavy atom. The van der Waals surface area contributed by atoms with Crippen molar-refractivity contribution in [3.63, 3.8) is 0 Å². The van der Waals surface area contributed by atoms with Crippen molar-refractivity contribution in [3.05, 3.63) is 40.8 Å². The molecule has 1 amide bonds. The second-order valence-electron chi connectivity index (χ2n) is 6.00. The quantitative estimate of drug-likeness (QED) is 0.695. The van der Waals surface area contributed by atoms with Gasteiger partial charge in [0, 0.05) is 23.6 Å². The molecule has 0 bridgehead atoms. The first-order valence-electron chi connectivity index (χ1n) is 8.17. The predicted molar refractivity (Wildman–Crippen MR) is 87.6 cm³/mol. The Bertz CT molecular complexity index is 729. The van der Waals surface area contributed by atoms with E-state index < -0.39 is 5.63 Å². The number of carbonyl (C=O) groups excluding carboxylic acids is 1. The summed E-state index contributed by atoms with van der Waals surface area (Å²) in [5.74, 6) is 0.411. The number of fused-ring (bicyclic) bond motifs is 1. The fourth-order valence-corrected chi connectivity index (χ4v) is 2.97. The molecule has 0 atom stereocenters. The van der Waals surface area contributed by atoms with Crippen LogP contribution in [0, 0.1) is 0 Å². The fraction of sp³-hybridized carbons (Fsp3) is 0.444. The van der Waals surface area contributed by atoms with Crippen LogP contribution < -0.4 is 15.7 Å². The fourth-order valence-electron chi connectivity index (χ4n) is 2.97. The van der Waals surface area contributed by atoms with Crippen LogP contribution in [0.25, 0.3) is 11.0 Å². The number of hydrogen-bond acceptors (Lipinski definition) is 4. The van der Waals surface area contributed by atoms with Crippen LogP contribution in [-0.2, 0) is 4.79 Å². The molecule has 1 N–H and O–H groups in total. The molecular formula is C18H21NO4. The molecule has 0 aliphatic heterocycles. The lowest BCUT2D eigenvalue weighted by atomic mass is 10.1. The third kappa shape index (κ3) is 4.34. The van der Waals surface area contributed by atoms with Crippen molar-refractivity contribution < 1.29 is 13.9 Å². The van der Waals surface area contributed by atoms with Crippen molar-refractivity contribution in [1.82, 2.24) is 5.32 Å². The molecule has 1 fully saturated rings. The van der Waals surface area contributed by atoms with E-state index in [1.165, 1.54) is 31.7 Å². The lowest BCUT2D eigenvalue weighted by molar-refractivity contribution is -0.123. The van der Waals surface area contributed by atoms with Gasteiger partial charge in [0.2, 0.25) is 0 Å². The molecule has 23 heavy (non-hydrogen) atoms. The van der Waals surface area contributed by atoms with Gasteiger partial charge in [-0.15, -0.1) is 0 Å². The molecule has 0 spiro atoms. The first-order valence-corrected chi connectivity index (χ1v) is 8.17. The molecule has 1 aromatic carbocycles. The van der Waals surface area contributed by atoms with Crippen molar-refractivity contribution in [2.45, 2.75) is 44.6 Å². The van der Waals surface area contributed by atoms with Crippen molar-refractivity contribution in [3.8, 4) is 5.75 Å². The summed E-state index contributed by atoms with van der Waals surface area (Å²) in [6.45, 7) is -0.0287. The van der Waals surface area contributed by atoms with E-state index in [1.54, 1.807) is 24.3 Å². The molecule has 0 saturated heterocycles. The van der Waals surface area contributed by atoms with Gasteiger partial charge in [-0.25, -0.2) is 4.79 Å². The van der Waals surface area contributed by atoms with Crippen LogP contribution >= 0.6 is 0 Å². The lowest BCUT2D eigenvalue weighted by Crippen LogP contribution is -2.37. The normalized spacial score (nSPS) is 16.0. The van der Waals surface area contributed by atoms with Gasteiger partial charge in [0.05, 0.1) is 0 Å². The Balaban J connectivity index is 1.56. The highest BCUT2D eigenvalue weighted by molar-refractivity contribution is 5.79. The Morgan fingerprint density at radius 2 is 1.87 bits per heavy atom. The van der Waals surface area contributed by atoms with Gasteiger partial charge >= 0.3 is 5.63 Å². The minimum Gasteiger partial charge on any atom is -0.484 e. The van der Waals surface area contributed by atoms with E-state index in [9.17, 15) is 9.59 Å². The van der Waals surface area contributed by atoms with Crippen LogP contribution in [0.5, 0.6) is 5.75 Å². The Kier molecular flexibility index (Phi) is 4.95. The van der Waals surface area contributed by atoms with E-state index in [1.807, 2.05) is 0 Å². The summed E-state index contributed by atoms with van der Waals surface area (Å²) in [4.78, 5) is 23.2. The molecule has 5 heteroatoms. The number of amides is 1. The lowest BCUT2D eigenvalue weighted by Gasteiger charge is -2.16. The topological polar surface area (TPSA) is 68.5 Å². The number of rotatable bonds is 4. The van der Waals surface area contributed by atoms with E-state index in [4.69, 9.17) is 9.15 Å². The number of hydrogen-bond donors (Lipinski definition) is 1. The van der Waals surface area contributed by atoms with Crippen molar-refractivity contribution in [2.75, 3.05) is 6.61 Å². The number of ether oxygens (including phenoxy) is 1. The summed E-state index contributed by atoms with van der Waals surface area (Å²) in [6.07, 6.45) is 6.96. The first-order chi connectivity index (χ1) is 11.2. The standard InChI is InChI=1S/C18H21NO4/c20-17(19-14-5-3-1-2-4-6-14)12-22-15-9-7-13-8-10-18(21)23-16(13)11-15/h7-11,14H,1-6,12H2,(H,19,20). The van der Waals surface area contributed by atoms with E-state index in [0.717, 1.165) is 18.2 Å². The molecule has 1 saturated carbocycles. The molecule has 0 unspecified atom stereocenters.